The number of benzene rings is 8. The minimum absolute atomic E-state index is 0.0471. The third-order valence-corrected chi connectivity index (χ3v) is 11.8. The quantitative estimate of drug-likeness (QED) is 0.165. The van der Waals surface area contributed by atoms with Crippen LogP contribution in [-0.2, 0) is 5.41 Å². The highest BCUT2D eigenvalue weighted by Gasteiger charge is 2.35. The van der Waals surface area contributed by atoms with E-state index in [4.69, 9.17) is 4.42 Å². The molecule has 1 fully saturated rings. The topological polar surface area (TPSA) is 16.4 Å². The average Bonchev–Trinajstić information content (AvgIpc) is 3.63. The number of hydrogen-bond acceptors (Lipinski definition) is 2. The predicted molar refractivity (Wildman–Crippen MR) is 227 cm³/mol. The van der Waals surface area contributed by atoms with Gasteiger partial charge >= 0.3 is 0 Å². The van der Waals surface area contributed by atoms with Crippen molar-refractivity contribution in [2.75, 3.05) is 4.90 Å². The van der Waals surface area contributed by atoms with Gasteiger partial charge in [-0.3, -0.25) is 0 Å². The van der Waals surface area contributed by atoms with Crippen LogP contribution in [0.2, 0.25) is 0 Å². The Hall–Kier alpha value is -6.38. The number of rotatable bonds is 7. The van der Waals surface area contributed by atoms with E-state index >= 15 is 0 Å². The molecule has 0 saturated heterocycles. The largest absolute Gasteiger partial charge is 0.456 e. The van der Waals surface area contributed by atoms with E-state index < -0.39 is 0 Å². The van der Waals surface area contributed by atoms with Gasteiger partial charge in [0.25, 0.3) is 0 Å². The van der Waals surface area contributed by atoms with E-state index in [0.717, 1.165) is 39.0 Å². The van der Waals surface area contributed by atoms with Gasteiger partial charge in [-0.05, 0) is 106 Å². The fourth-order valence-corrected chi connectivity index (χ4v) is 9.11. The Morgan fingerprint density at radius 1 is 0.407 bits per heavy atom. The molecule has 54 heavy (non-hydrogen) atoms. The van der Waals surface area contributed by atoms with E-state index in [0.29, 0.717) is 0 Å². The molecule has 10 rings (SSSR count). The zero-order chi connectivity index (χ0) is 35.9. The molecule has 0 amide bonds. The van der Waals surface area contributed by atoms with Gasteiger partial charge < -0.3 is 9.32 Å². The molecule has 2 nitrogen and oxygen atoms in total. The van der Waals surface area contributed by atoms with Crippen molar-refractivity contribution in [2.24, 2.45) is 0 Å². The standard InChI is InChI=1S/C52H41NO/c1-4-14-38(15-5-1)47-22-13-23-50-51(47)48-36-44(32-33-49(48)54-50)53(42-28-24-39(25-29-42)46-21-12-17-37-16-8-9-20-45(37)46)43-30-26-41(27-31-43)52(34-10-3-11-35-52)40-18-6-2-7-19-40/h1-2,4-9,12-33,36H,3,10-11,34-35H2. The molecule has 260 valence electrons. The van der Waals surface area contributed by atoms with Crippen molar-refractivity contribution in [3.05, 3.63) is 199 Å². The van der Waals surface area contributed by atoms with E-state index in [2.05, 4.69) is 193 Å². The zero-order valence-corrected chi connectivity index (χ0v) is 30.3. The molecule has 1 aromatic heterocycles. The van der Waals surface area contributed by atoms with Gasteiger partial charge in [0.2, 0.25) is 0 Å². The van der Waals surface area contributed by atoms with Gasteiger partial charge in [0.15, 0.2) is 0 Å². The lowest BCUT2D eigenvalue weighted by Gasteiger charge is -2.39. The van der Waals surface area contributed by atoms with E-state index in [1.165, 1.54) is 76.3 Å². The Morgan fingerprint density at radius 3 is 1.78 bits per heavy atom. The normalized spacial score (nSPS) is 14.1. The monoisotopic (exact) mass is 695 g/mol. The van der Waals surface area contributed by atoms with Crippen LogP contribution in [0.15, 0.2) is 192 Å². The molecule has 0 unspecified atom stereocenters. The van der Waals surface area contributed by atoms with Crippen molar-refractivity contribution < 1.29 is 4.42 Å². The van der Waals surface area contributed by atoms with E-state index in [-0.39, 0.29) is 5.41 Å². The molecule has 1 aliphatic rings. The van der Waals surface area contributed by atoms with Gasteiger partial charge in [-0.1, -0.05) is 159 Å². The Balaban J connectivity index is 1.12. The highest BCUT2D eigenvalue weighted by Crippen LogP contribution is 2.47. The van der Waals surface area contributed by atoms with Crippen LogP contribution in [0.4, 0.5) is 17.1 Å². The molecule has 0 bridgehead atoms. The second-order valence-electron chi connectivity index (χ2n) is 14.8. The van der Waals surface area contributed by atoms with Crippen molar-refractivity contribution in [3.63, 3.8) is 0 Å². The maximum absolute atomic E-state index is 6.48. The Bertz CT molecular complexity index is 2720. The number of hydrogen-bond donors (Lipinski definition) is 0. The minimum atomic E-state index is 0.0471. The SMILES string of the molecule is c1ccc(-c2cccc3oc4ccc(N(c5ccc(-c6cccc7ccccc67)cc5)c5ccc(C6(c7ccccc7)CCCCC6)cc5)cc4c23)cc1. The molecule has 9 aromatic rings. The first-order valence-electron chi connectivity index (χ1n) is 19.3. The van der Waals surface area contributed by atoms with Gasteiger partial charge in [-0.15, -0.1) is 0 Å². The van der Waals surface area contributed by atoms with Crippen LogP contribution >= 0.6 is 0 Å². The van der Waals surface area contributed by atoms with Crippen LogP contribution in [0.5, 0.6) is 0 Å². The molecular formula is C52H41NO. The minimum Gasteiger partial charge on any atom is -0.456 e. The third-order valence-electron chi connectivity index (χ3n) is 11.8. The van der Waals surface area contributed by atoms with Crippen LogP contribution in [-0.4, -0.2) is 0 Å². The average molecular weight is 696 g/mol. The molecule has 0 N–H and O–H groups in total. The Labute approximate surface area is 316 Å². The van der Waals surface area contributed by atoms with Gasteiger partial charge in [0.1, 0.15) is 11.2 Å². The lowest BCUT2D eigenvalue weighted by molar-refractivity contribution is 0.346. The number of nitrogens with zero attached hydrogens (tertiary/aromatic N) is 1. The first kappa shape index (κ1) is 32.3. The maximum atomic E-state index is 6.48. The van der Waals surface area contributed by atoms with Crippen molar-refractivity contribution >= 4 is 49.8 Å². The van der Waals surface area contributed by atoms with Crippen molar-refractivity contribution in [1.82, 2.24) is 0 Å². The molecule has 1 aliphatic carbocycles. The summed E-state index contributed by atoms with van der Waals surface area (Å²) in [7, 11) is 0. The molecular weight excluding hydrogens is 655 g/mol. The van der Waals surface area contributed by atoms with Gasteiger partial charge in [0.05, 0.1) is 0 Å². The predicted octanol–water partition coefficient (Wildman–Crippen LogP) is 14.8. The molecule has 0 spiro atoms. The van der Waals surface area contributed by atoms with Gasteiger partial charge in [-0.25, -0.2) is 0 Å². The number of fused-ring (bicyclic) bond motifs is 4. The highest BCUT2D eigenvalue weighted by molar-refractivity contribution is 6.13. The molecule has 0 atom stereocenters. The lowest BCUT2D eigenvalue weighted by atomic mass is 9.65. The first-order chi connectivity index (χ1) is 26.7. The Kier molecular flexibility index (Phi) is 8.10. The second-order valence-corrected chi connectivity index (χ2v) is 14.8. The molecule has 1 heterocycles. The van der Waals surface area contributed by atoms with E-state index in [1.807, 2.05) is 0 Å². The van der Waals surface area contributed by atoms with Crippen LogP contribution in [0, 0.1) is 0 Å². The Morgan fingerprint density at radius 2 is 1.00 bits per heavy atom. The summed E-state index contributed by atoms with van der Waals surface area (Å²) < 4.78 is 6.48. The number of furan rings is 1. The summed E-state index contributed by atoms with van der Waals surface area (Å²) in [4.78, 5) is 2.40. The third kappa shape index (κ3) is 5.58. The van der Waals surface area contributed by atoms with Gasteiger partial charge in [-0.2, -0.15) is 0 Å². The van der Waals surface area contributed by atoms with Gasteiger partial charge in [0, 0.05) is 33.2 Å². The molecule has 8 aromatic carbocycles. The van der Waals surface area contributed by atoms with Crippen molar-refractivity contribution in [3.8, 4) is 22.3 Å². The van der Waals surface area contributed by atoms with Crippen LogP contribution in [0.25, 0.3) is 55.0 Å². The zero-order valence-electron chi connectivity index (χ0n) is 30.3. The molecule has 1 saturated carbocycles. The fraction of sp³-hybridized carbons (Fsp3) is 0.115. The van der Waals surface area contributed by atoms with E-state index in [1.54, 1.807) is 0 Å². The van der Waals surface area contributed by atoms with Crippen LogP contribution < -0.4 is 4.90 Å². The summed E-state index contributed by atoms with van der Waals surface area (Å²) in [6, 6.07) is 68.6. The fourth-order valence-electron chi connectivity index (χ4n) is 9.11. The number of anilines is 3. The molecule has 2 heteroatoms. The summed E-state index contributed by atoms with van der Waals surface area (Å²) in [5, 5.41) is 4.77. The summed E-state index contributed by atoms with van der Waals surface area (Å²) >= 11 is 0. The second kappa shape index (κ2) is 13.5. The van der Waals surface area contributed by atoms with Crippen molar-refractivity contribution in [2.45, 2.75) is 37.5 Å². The summed E-state index contributed by atoms with van der Waals surface area (Å²) in [5.74, 6) is 0. The maximum Gasteiger partial charge on any atom is 0.136 e. The van der Waals surface area contributed by atoms with Crippen LogP contribution in [0.1, 0.15) is 43.2 Å². The highest BCUT2D eigenvalue weighted by atomic mass is 16.3. The van der Waals surface area contributed by atoms with E-state index in [9.17, 15) is 0 Å². The summed E-state index contributed by atoms with van der Waals surface area (Å²) in [5.41, 5.74) is 12.8. The lowest BCUT2D eigenvalue weighted by Crippen LogP contribution is -2.30. The molecule has 0 radical (unpaired) electrons. The summed E-state index contributed by atoms with van der Waals surface area (Å²) in [6.07, 6.45) is 6.20. The smallest absolute Gasteiger partial charge is 0.136 e. The first-order valence-corrected chi connectivity index (χ1v) is 19.3. The molecule has 0 aliphatic heterocycles. The summed E-state index contributed by atoms with van der Waals surface area (Å²) in [6.45, 7) is 0. The van der Waals surface area contributed by atoms with Crippen LogP contribution in [0.3, 0.4) is 0 Å². The van der Waals surface area contributed by atoms with Crippen molar-refractivity contribution in [1.29, 1.82) is 0 Å².